The topological polar surface area (TPSA) is 48.3 Å². The molecule has 0 aliphatic heterocycles. The van der Waals surface area contributed by atoms with Crippen molar-refractivity contribution >= 4 is 5.82 Å². The van der Waals surface area contributed by atoms with Crippen molar-refractivity contribution < 1.29 is 9.47 Å². The molecule has 1 fully saturated rings. The first kappa shape index (κ1) is 13.2. The van der Waals surface area contributed by atoms with Gasteiger partial charge in [-0.1, -0.05) is 13.8 Å². The molecule has 1 N–H and O–H groups in total. The van der Waals surface area contributed by atoms with Crippen LogP contribution in [0.3, 0.4) is 0 Å². The molecule has 1 aliphatic rings. The van der Waals surface area contributed by atoms with Crippen molar-refractivity contribution in [3.8, 4) is 5.88 Å². The number of nitrogens with zero attached hydrogens (tertiary/aromatic N) is 2. The number of anilines is 1. The lowest BCUT2D eigenvalue weighted by Crippen LogP contribution is -2.58. The quantitative estimate of drug-likeness (QED) is 0.872. The number of methoxy groups -OCH3 is 1. The van der Waals surface area contributed by atoms with Gasteiger partial charge in [-0.05, 0) is 13.3 Å². The summed E-state index contributed by atoms with van der Waals surface area (Å²) in [6.45, 7) is 7.28. The van der Waals surface area contributed by atoms with Crippen LogP contribution in [0.4, 0.5) is 5.82 Å². The second-order valence-corrected chi connectivity index (χ2v) is 5.39. The van der Waals surface area contributed by atoms with E-state index in [1.807, 2.05) is 20.0 Å². The molecule has 0 saturated heterocycles. The van der Waals surface area contributed by atoms with Gasteiger partial charge in [-0.2, -0.15) is 5.10 Å². The summed E-state index contributed by atoms with van der Waals surface area (Å²) in [7, 11) is 3.53. The van der Waals surface area contributed by atoms with Crippen LogP contribution in [0.1, 0.15) is 27.2 Å². The van der Waals surface area contributed by atoms with Crippen LogP contribution in [0, 0.1) is 5.41 Å². The van der Waals surface area contributed by atoms with E-state index in [0.29, 0.717) is 12.1 Å². The summed E-state index contributed by atoms with van der Waals surface area (Å²) in [5, 5.41) is 7.84. The van der Waals surface area contributed by atoms with E-state index in [9.17, 15) is 0 Å². The van der Waals surface area contributed by atoms with E-state index in [0.717, 1.165) is 24.7 Å². The molecule has 1 aliphatic carbocycles. The summed E-state index contributed by atoms with van der Waals surface area (Å²) in [4.78, 5) is 0. The molecule has 5 heteroatoms. The lowest BCUT2D eigenvalue weighted by atomic mass is 9.64. The fourth-order valence-electron chi connectivity index (χ4n) is 2.50. The van der Waals surface area contributed by atoms with Crippen LogP contribution < -0.4 is 10.1 Å². The Morgan fingerprint density at radius 1 is 1.56 bits per heavy atom. The van der Waals surface area contributed by atoms with E-state index in [2.05, 4.69) is 24.3 Å². The van der Waals surface area contributed by atoms with Crippen molar-refractivity contribution in [2.75, 3.05) is 19.0 Å². The van der Waals surface area contributed by atoms with Crippen molar-refractivity contribution in [1.29, 1.82) is 0 Å². The first-order valence-electron chi connectivity index (χ1n) is 6.45. The molecule has 0 radical (unpaired) electrons. The number of aryl methyl sites for hydroxylation is 1. The van der Waals surface area contributed by atoms with Gasteiger partial charge in [0, 0.05) is 31.2 Å². The summed E-state index contributed by atoms with van der Waals surface area (Å²) in [6.07, 6.45) is 1.37. The fourth-order valence-corrected chi connectivity index (χ4v) is 2.50. The average molecular weight is 253 g/mol. The van der Waals surface area contributed by atoms with E-state index in [1.54, 1.807) is 11.8 Å². The molecule has 2 rings (SSSR count). The Balaban J connectivity index is 1.99. The Labute approximate surface area is 108 Å². The molecule has 1 aromatic heterocycles. The predicted molar refractivity (Wildman–Crippen MR) is 71.0 cm³/mol. The summed E-state index contributed by atoms with van der Waals surface area (Å²) < 4.78 is 12.7. The molecule has 5 nitrogen and oxygen atoms in total. The van der Waals surface area contributed by atoms with Crippen LogP contribution in [-0.2, 0) is 11.8 Å². The highest BCUT2D eigenvalue weighted by atomic mass is 16.5. The molecule has 1 aromatic rings. The fraction of sp³-hybridized carbons (Fsp3) is 0.769. The third-order valence-corrected chi connectivity index (χ3v) is 3.91. The zero-order chi connectivity index (χ0) is 13.3. The number of aromatic nitrogens is 2. The van der Waals surface area contributed by atoms with Gasteiger partial charge in [0.1, 0.15) is 0 Å². The van der Waals surface area contributed by atoms with Crippen molar-refractivity contribution in [1.82, 2.24) is 9.78 Å². The van der Waals surface area contributed by atoms with Crippen LogP contribution in [0.15, 0.2) is 6.07 Å². The molecule has 18 heavy (non-hydrogen) atoms. The predicted octanol–water partition coefficient (Wildman–Crippen LogP) is 2.04. The standard InChI is InChI=1S/C13H23N3O2/c1-6-18-10-7-9(13(10,2)3)14-11-8-12(17-5)16(4)15-11/h8-10H,6-7H2,1-5H3,(H,14,15). The van der Waals surface area contributed by atoms with Crippen LogP contribution >= 0.6 is 0 Å². The van der Waals surface area contributed by atoms with Gasteiger partial charge in [-0.3, -0.25) is 0 Å². The minimum atomic E-state index is 0.140. The second-order valence-electron chi connectivity index (χ2n) is 5.39. The Morgan fingerprint density at radius 2 is 2.28 bits per heavy atom. The van der Waals surface area contributed by atoms with Crippen LogP contribution in [0.5, 0.6) is 5.88 Å². The lowest BCUT2D eigenvalue weighted by Gasteiger charge is -2.51. The van der Waals surface area contributed by atoms with Crippen molar-refractivity contribution in [2.45, 2.75) is 39.3 Å². The molecule has 2 atom stereocenters. The second kappa shape index (κ2) is 4.80. The van der Waals surface area contributed by atoms with E-state index in [-0.39, 0.29) is 5.41 Å². The molecule has 1 saturated carbocycles. The first-order chi connectivity index (χ1) is 8.48. The monoisotopic (exact) mass is 253 g/mol. The summed E-state index contributed by atoms with van der Waals surface area (Å²) in [6, 6.07) is 2.32. The number of ether oxygens (including phenoxy) is 2. The SMILES string of the molecule is CCOC1CC(Nc2cc(OC)n(C)n2)C1(C)C. The van der Waals surface area contributed by atoms with E-state index < -0.39 is 0 Å². The molecule has 102 valence electrons. The van der Waals surface area contributed by atoms with Gasteiger partial charge in [0.2, 0.25) is 5.88 Å². The smallest absolute Gasteiger partial charge is 0.213 e. The maximum Gasteiger partial charge on any atom is 0.213 e. The first-order valence-corrected chi connectivity index (χ1v) is 6.45. The van der Waals surface area contributed by atoms with Crippen LogP contribution in [0.2, 0.25) is 0 Å². The van der Waals surface area contributed by atoms with Gasteiger partial charge in [0.15, 0.2) is 5.82 Å². The molecule has 0 bridgehead atoms. The van der Waals surface area contributed by atoms with Crippen molar-refractivity contribution in [3.63, 3.8) is 0 Å². The minimum Gasteiger partial charge on any atom is -0.481 e. The number of hydrogen-bond donors (Lipinski definition) is 1. The van der Waals surface area contributed by atoms with Gasteiger partial charge in [0.25, 0.3) is 0 Å². The summed E-state index contributed by atoms with van der Waals surface area (Å²) in [5.74, 6) is 1.62. The zero-order valence-corrected chi connectivity index (χ0v) is 11.9. The Morgan fingerprint density at radius 3 is 2.78 bits per heavy atom. The average Bonchev–Trinajstić information content (AvgIpc) is 2.68. The third-order valence-electron chi connectivity index (χ3n) is 3.91. The summed E-state index contributed by atoms with van der Waals surface area (Å²) >= 11 is 0. The molecule has 2 unspecified atom stereocenters. The van der Waals surface area contributed by atoms with Crippen LogP contribution in [-0.4, -0.2) is 35.6 Å². The van der Waals surface area contributed by atoms with Crippen molar-refractivity contribution in [3.05, 3.63) is 6.07 Å². The molecule has 1 heterocycles. The molecule has 0 aromatic carbocycles. The Hall–Kier alpha value is -1.23. The highest BCUT2D eigenvalue weighted by molar-refractivity contribution is 5.41. The van der Waals surface area contributed by atoms with Gasteiger partial charge < -0.3 is 14.8 Å². The van der Waals surface area contributed by atoms with Crippen LogP contribution in [0.25, 0.3) is 0 Å². The lowest BCUT2D eigenvalue weighted by molar-refractivity contribution is -0.0976. The number of nitrogens with one attached hydrogen (secondary N) is 1. The van der Waals surface area contributed by atoms with Gasteiger partial charge in [-0.15, -0.1) is 0 Å². The Bertz CT molecular complexity index is 414. The van der Waals surface area contributed by atoms with Gasteiger partial charge in [-0.25, -0.2) is 4.68 Å². The number of hydrogen-bond acceptors (Lipinski definition) is 4. The summed E-state index contributed by atoms with van der Waals surface area (Å²) in [5.41, 5.74) is 0.140. The highest BCUT2D eigenvalue weighted by Crippen LogP contribution is 2.44. The van der Waals surface area contributed by atoms with E-state index in [4.69, 9.17) is 9.47 Å². The third kappa shape index (κ3) is 2.19. The molecule has 0 spiro atoms. The van der Waals surface area contributed by atoms with Crippen molar-refractivity contribution in [2.24, 2.45) is 12.5 Å². The van der Waals surface area contributed by atoms with E-state index >= 15 is 0 Å². The van der Waals surface area contributed by atoms with E-state index in [1.165, 1.54) is 0 Å². The minimum absolute atomic E-state index is 0.140. The largest absolute Gasteiger partial charge is 0.481 e. The van der Waals surface area contributed by atoms with Gasteiger partial charge >= 0.3 is 0 Å². The maximum atomic E-state index is 5.72. The Kier molecular flexibility index (Phi) is 3.52. The molecular weight excluding hydrogens is 230 g/mol. The molecular formula is C13H23N3O2. The normalized spacial score (nSPS) is 25.6. The zero-order valence-electron chi connectivity index (χ0n) is 11.9. The molecule has 0 amide bonds. The number of rotatable bonds is 5. The van der Waals surface area contributed by atoms with Gasteiger partial charge in [0.05, 0.1) is 13.2 Å². The highest BCUT2D eigenvalue weighted by Gasteiger charge is 2.49. The maximum absolute atomic E-state index is 5.72.